The lowest BCUT2D eigenvalue weighted by Gasteiger charge is -2.30. The van der Waals surface area contributed by atoms with Gasteiger partial charge in [0, 0.05) is 6.42 Å². The summed E-state index contributed by atoms with van der Waals surface area (Å²) in [7, 11) is 1.33. The Bertz CT molecular complexity index is 1090. The van der Waals surface area contributed by atoms with Crippen molar-refractivity contribution in [1.82, 2.24) is 5.32 Å². The smallest absolute Gasteiger partial charge is 0.268 e. The molecule has 414 valence electrons. The lowest BCUT2D eigenvalue weighted by molar-refractivity contribution is -0.870. The van der Waals surface area contributed by atoms with E-state index >= 15 is 0 Å². The van der Waals surface area contributed by atoms with Gasteiger partial charge in [-0.1, -0.05) is 309 Å². The van der Waals surface area contributed by atoms with Crippen LogP contribution in [0.4, 0.5) is 0 Å². The Hall–Kier alpha value is -0.500. The largest absolute Gasteiger partial charge is 0.756 e. The lowest BCUT2D eigenvalue weighted by Crippen LogP contribution is -2.46. The molecule has 0 radical (unpaired) electrons. The van der Waals surface area contributed by atoms with E-state index in [-0.39, 0.29) is 19.1 Å². The highest BCUT2D eigenvalue weighted by Gasteiger charge is 2.24. The number of unbranched alkanes of at least 4 members (excludes halogenated alkanes) is 45. The number of phosphoric acid groups is 1. The molecule has 0 aromatic carbocycles. The Kier molecular flexibility index (Phi) is 52.0. The van der Waals surface area contributed by atoms with Crippen LogP contribution in [0.3, 0.4) is 0 Å². The summed E-state index contributed by atoms with van der Waals surface area (Å²) in [5, 5.41) is 14.0. The standard InChI is InChI=1S/C60H123N2O6P/c1-6-8-10-12-14-16-18-20-22-24-25-26-27-28-29-30-31-32-33-34-35-36-37-38-40-42-44-46-48-50-52-54-60(64)61-58(57-68-69(65,66)67-56-55-62(3,4)5)59(63)53-51-49-47-45-43-41-39-23-21-19-17-15-13-11-9-7-2/h58-59,63H,6-57H2,1-5H3,(H-,61,64,65,66)/t58-,59+/m0/s1. The highest BCUT2D eigenvalue weighted by atomic mass is 31.2. The second-order valence-electron chi connectivity index (χ2n) is 22.8. The molecule has 0 fully saturated rings. The third-order valence-electron chi connectivity index (χ3n) is 14.6. The number of amides is 1. The van der Waals surface area contributed by atoms with Crippen molar-refractivity contribution in [2.24, 2.45) is 0 Å². The summed E-state index contributed by atoms with van der Waals surface area (Å²) in [6.45, 7) is 4.78. The van der Waals surface area contributed by atoms with Gasteiger partial charge in [0.2, 0.25) is 5.91 Å². The van der Waals surface area contributed by atoms with Crippen molar-refractivity contribution in [3.63, 3.8) is 0 Å². The summed E-state index contributed by atoms with van der Waals surface area (Å²) in [5.41, 5.74) is 0. The fourth-order valence-electron chi connectivity index (χ4n) is 9.75. The number of nitrogens with zero attached hydrogens (tertiary/aromatic N) is 1. The predicted molar refractivity (Wildman–Crippen MR) is 298 cm³/mol. The average Bonchev–Trinajstić information content (AvgIpc) is 3.31. The third-order valence-corrected chi connectivity index (χ3v) is 15.6. The van der Waals surface area contributed by atoms with Gasteiger partial charge in [-0.2, -0.15) is 0 Å². The van der Waals surface area contributed by atoms with Gasteiger partial charge in [-0.15, -0.1) is 0 Å². The van der Waals surface area contributed by atoms with Gasteiger partial charge in [-0.05, 0) is 12.8 Å². The Morgan fingerprint density at radius 3 is 0.986 bits per heavy atom. The lowest BCUT2D eigenvalue weighted by atomic mass is 10.0. The normalized spacial score (nSPS) is 13.8. The molecule has 0 aliphatic heterocycles. The van der Waals surface area contributed by atoms with Crippen LogP contribution in [0.25, 0.3) is 0 Å². The van der Waals surface area contributed by atoms with E-state index in [1.807, 2.05) is 21.1 Å². The van der Waals surface area contributed by atoms with Crippen LogP contribution in [0.15, 0.2) is 0 Å². The Balaban J connectivity index is 3.97. The van der Waals surface area contributed by atoms with Crippen LogP contribution < -0.4 is 10.2 Å². The van der Waals surface area contributed by atoms with Crippen LogP contribution in [0.5, 0.6) is 0 Å². The molecular formula is C60H123N2O6P. The van der Waals surface area contributed by atoms with Gasteiger partial charge in [0.25, 0.3) is 7.82 Å². The third kappa shape index (κ3) is 55.1. The summed E-state index contributed by atoms with van der Waals surface area (Å²) in [5.74, 6) is -0.156. The molecule has 0 bridgehead atoms. The van der Waals surface area contributed by atoms with Gasteiger partial charge in [-0.25, -0.2) is 0 Å². The van der Waals surface area contributed by atoms with Gasteiger partial charge < -0.3 is 28.8 Å². The molecular weight excluding hydrogens is 876 g/mol. The molecule has 0 saturated carbocycles. The van der Waals surface area contributed by atoms with Gasteiger partial charge in [0.15, 0.2) is 0 Å². The molecule has 0 aliphatic carbocycles. The number of carbonyl (C=O) groups excluding carboxylic acids is 1. The van der Waals surface area contributed by atoms with Gasteiger partial charge in [0.05, 0.1) is 39.9 Å². The van der Waals surface area contributed by atoms with Gasteiger partial charge in [-0.3, -0.25) is 9.36 Å². The number of likely N-dealkylation sites (N-methyl/N-ethyl adjacent to an activating group) is 1. The number of hydrogen-bond acceptors (Lipinski definition) is 6. The van der Waals surface area contributed by atoms with E-state index < -0.39 is 20.0 Å². The van der Waals surface area contributed by atoms with Crippen molar-refractivity contribution >= 4 is 13.7 Å². The van der Waals surface area contributed by atoms with Crippen LogP contribution in [0, 0.1) is 0 Å². The Morgan fingerprint density at radius 1 is 0.449 bits per heavy atom. The summed E-state index contributed by atoms with van der Waals surface area (Å²) < 4.78 is 23.4. The molecule has 1 amide bonds. The molecule has 2 N–H and O–H groups in total. The molecule has 0 rings (SSSR count). The van der Waals surface area contributed by atoms with Gasteiger partial charge in [0.1, 0.15) is 13.2 Å². The number of carbonyl (C=O) groups is 1. The van der Waals surface area contributed by atoms with Crippen LogP contribution in [0.1, 0.15) is 328 Å². The zero-order chi connectivity index (χ0) is 50.6. The van der Waals surface area contributed by atoms with Crippen LogP contribution in [-0.4, -0.2) is 68.5 Å². The first kappa shape index (κ1) is 68.5. The SMILES string of the molecule is CCCCCCCCCCCCCCCCCCCCCCCCCCCCCCCCCC(=O)N[C@@H](COP(=O)([O-])OCC[N+](C)(C)C)[C@H](O)CCCCCCCCCCCCCCCCCC. The number of rotatable bonds is 58. The number of aliphatic hydroxyl groups excluding tert-OH is 1. The molecule has 69 heavy (non-hydrogen) atoms. The number of quaternary nitrogens is 1. The highest BCUT2D eigenvalue weighted by Crippen LogP contribution is 2.38. The quantitative estimate of drug-likeness (QED) is 0.0357. The van der Waals surface area contributed by atoms with Crippen molar-refractivity contribution < 1.29 is 32.9 Å². The minimum Gasteiger partial charge on any atom is -0.756 e. The average molecular weight is 1000 g/mol. The minimum atomic E-state index is -4.57. The topological polar surface area (TPSA) is 108 Å². The van der Waals surface area contributed by atoms with E-state index in [2.05, 4.69) is 19.2 Å². The van der Waals surface area contributed by atoms with E-state index in [0.717, 1.165) is 38.5 Å². The maximum atomic E-state index is 13.0. The summed E-state index contributed by atoms with van der Waals surface area (Å²) in [4.78, 5) is 25.5. The molecule has 1 unspecified atom stereocenters. The van der Waals surface area contributed by atoms with E-state index in [0.29, 0.717) is 23.9 Å². The summed E-state index contributed by atoms with van der Waals surface area (Å²) >= 11 is 0. The van der Waals surface area contributed by atoms with Crippen LogP contribution >= 0.6 is 7.82 Å². The molecule has 0 aliphatic rings. The number of phosphoric ester groups is 1. The number of nitrogens with one attached hydrogen (secondary N) is 1. The second kappa shape index (κ2) is 52.4. The highest BCUT2D eigenvalue weighted by molar-refractivity contribution is 7.45. The molecule has 0 heterocycles. The van der Waals surface area contributed by atoms with E-state index in [1.165, 1.54) is 263 Å². The van der Waals surface area contributed by atoms with Crippen molar-refractivity contribution in [3.05, 3.63) is 0 Å². The summed E-state index contributed by atoms with van der Waals surface area (Å²) in [6.07, 6.45) is 63.0. The monoisotopic (exact) mass is 999 g/mol. The first-order chi connectivity index (χ1) is 33.5. The molecule has 0 aromatic rings. The maximum absolute atomic E-state index is 13.0. The fourth-order valence-corrected chi connectivity index (χ4v) is 10.5. The Morgan fingerprint density at radius 2 is 0.710 bits per heavy atom. The molecule has 3 atom stereocenters. The predicted octanol–water partition coefficient (Wildman–Crippen LogP) is 18.2. The maximum Gasteiger partial charge on any atom is 0.268 e. The van der Waals surface area contributed by atoms with Crippen molar-refractivity contribution in [1.29, 1.82) is 0 Å². The minimum absolute atomic E-state index is 0.0166. The summed E-state index contributed by atoms with van der Waals surface area (Å²) in [6, 6.07) is -0.795. The fraction of sp³-hybridized carbons (Fsp3) is 0.983. The Labute approximate surface area is 431 Å². The van der Waals surface area contributed by atoms with Gasteiger partial charge >= 0.3 is 0 Å². The van der Waals surface area contributed by atoms with Crippen LogP contribution in [0.2, 0.25) is 0 Å². The van der Waals surface area contributed by atoms with Crippen LogP contribution in [-0.2, 0) is 18.4 Å². The van der Waals surface area contributed by atoms with Crippen molar-refractivity contribution in [3.8, 4) is 0 Å². The zero-order valence-corrected chi connectivity index (χ0v) is 48.2. The molecule has 0 spiro atoms. The first-order valence-electron chi connectivity index (χ1n) is 30.9. The zero-order valence-electron chi connectivity index (χ0n) is 47.3. The number of hydrogen-bond donors (Lipinski definition) is 2. The van der Waals surface area contributed by atoms with Crippen molar-refractivity contribution in [2.75, 3.05) is 40.9 Å². The first-order valence-corrected chi connectivity index (χ1v) is 32.3. The van der Waals surface area contributed by atoms with E-state index in [1.54, 1.807) is 0 Å². The molecule has 8 nitrogen and oxygen atoms in total. The second-order valence-corrected chi connectivity index (χ2v) is 24.2. The van der Waals surface area contributed by atoms with E-state index in [9.17, 15) is 19.4 Å². The number of aliphatic hydroxyl groups is 1. The molecule has 0 aromatic heterocycles. The van der Waals surface area contributed by atoms with E-state index in [4.69, 9.17) is 9.05 Å². The molecule has 9 heteroatoms. The van der Waals surface area contributed by atoms with Crippen molar-refractivity contribution in [2.45, 2.75) is 341 Å². The molecule has 0 saturated heterocycles.